The molecule has 136 valence electrons. The van der Waals surface area contributed by atoms with Crippen LogP contribution < -0.4 is 15.4 Å². The van der Waals surface area contributed by atoms with Crippen LogP contribution in [-0.2, 0) is 11.0 Å². The van der Waals surface area contributed by atoms with Crippen molar-refractivity contribution in [3.05, 3.63) is 58.1 Å². The molecule has 1 atom stereocenters. The molecular formula is C16H12F3N3O4. The molecule has 0 saturated heterocycles. The van der Waals surface area contributed by atoms with Gasteiger partial charge in [0.25, 0.3) is 11.6 Å². The molecule has 0 radical (unpaired) electrons. The van der Waals surface area contributed by atoms with Crippen LogP contribution in [0.2, 0.25) is 0 Å². The third-order valence-electron chi connectivity index (χ3n) is 3.88. The Morgan fingerprint density at radius 3 is 2.54 bits per heavy atom. The zero-order valence-electron chi connectivity index (χ0n) is 13.1. The topological polar surface area (TPSA) is 98.7 Å². The number of carbonyl (C=O) groups excluding carboxylic acids is 1. The largest absolute Gasteiger partial charge is 0.477 e. The van der Waals surface area contributed by atoms with Crippen LogP contribution in [0.3, 0.4) is 0 Å². The van der Waals surface area contributed by atoms with Crippen LogP contribution in [0.5, 0.6) is 5.75 Å². The Bertz CT molecular complexity index is 885. The van der Waals surface area contributed by atoms with Gasteiger partial charge in [-0.2, -0.15) is 13.2 Å². The lowest BCUT2D eigenvalue weighted by molar-refractivity contribution is -0.384. The van der Waals surface area contributed by atoms with Crippen molar-refractivity contribution in [3.63, 3.8) is 0 Å². The number of nitrogens with zero attached hydrogens (tertiary/aromatic N) is 2. The number of benzene rings is 2. The van der Waals surface area contributed by atoms with E-state index in [1.807, 2.05) is 0 Å². The molecule has 10 heteroatoms. The SMILES string of the molecule is NC(=O)[C@H]1CN(c2ccc(C(F)(F)F)cc2[N+](=O)[O-])c2ccccc2O1. The Balaban J connectivity index is 2.15. The van der Waals surface area contributed by atoms with E-state index in [-0.39, 0.29) is 18.0 Å². The highest BCUT2D eigenvalue weighted by molar-refractivity contribution is 5.84. The molecule has 0 bridgehead atoms. The molecule has 1 heterocycles. The number of hydrogen-bond donors (Lipinski definition) is 1. The van der Waals surface area contributed by atoms with Crippen molar-refractivity contribution in [2.45, 2.75) is 12.3 Å². The molecule has 1 aliphatic heterocycles. The van der Waals surface area contributed by atoms with Gasteiger partial charge in [0, 0.05) is 6.07 Å². The van der Waals surface area contributed by atoms with Gasteiger partial charge in [-0.15, -0.1) is 0 Å². The fourth-order valence-electron chi connectivity index (χ4n) is 2.68. The first kappa shape index (κ1) is 17.5. The summed E-state index contributed by atoms with van der Waals surface area (Å²) < 4.78 is 44.1. The first-order valence-corrected chi connectivity index (χ1v) is 7.36. The molecule has 0 unspecified atom stereocenters. The number of para-hydroxylation sites is 2. The van der Waals surface area contributed by atoms with E-state index in [9.17, 15) is 28.1 Å². The maximum Gasteiger partial charge on any atom is 0.416 e. The average molecular weight is 367 g/mol. The molecule has 0 aromatic heterocycles. The van der Waals surface area contributed by atoms with Crippen LogP contribution in [-0.4, -0.2) is 23.5 Å². The molecule has 0 fully saturated rings. The molecule has 2 N–H and O–H groups in total. The summed E-state index contributed by atoms with van der Waals surface area (Å²) in [7, 11) is 0. The predicted molar refractivity (Wildman–Crippen MR) is 85.2 cm³/mol. The van der Waals surface area contributed by atoms with Crippen molar-refractivity contribution in [1.82, 2.24) is 0 Å². The maximum absolute atomic E-state index is 12.9. The van der Waals surface area contributed by atoms with E-state index in [2.05, 4.69) is 0 Å². The molecule has 0 aliphatic carbocycles. The van der Waals surface area contributed by atoms with E-state index in [0.29, 0.717) is 11.8 Å². The number of halogens is 3. The lowest BCUT2D eigenvalue weighted by atomic mass is 10.1. The number of carbonyl (C=O) groups is 1. The van der Waals surface area contributed by atoms with Gasteiger partial charge in [0.1, 0.15) is 11.4 Å². The number of fused-ring (bicyclic) bond motifs is 1. The average Bonchev–Trinajstić information content (AvgIpc) is 2.59. The summed E-state index contributed by atoms with van der Waals surface area (Å²) in [5.41, 5.74) is 3.69. The Hall–Kier alpha value is -3.30. The highest BCUT2D eigenvalue weighted by Gasteiger charge is 2.36. The summed E-state index contributed by atoms with van der Waals surface area (Å²) >= 11 is 0. The van der Waals surface area contributed by atoms with E-state index >= 15 is 0 Å². The van der Waals surface area contributed by atoms with Crippen molar-refractivity contribution in [2.24, 2.45) is 5.73 Å². The first-order chi connectivity index (χ1) is 12.2. The Morgan fingerprint density at radius 2 is 1.92 bits per heavy atom. The zero-order valence-corrected chi connectivity index (χ0v) is 13.1. The minimum atomic E-state index is -4.72. The number of rotatable bonds is 3. The number of alkyl halides is 3. The van der Waals surface area contributed by atoms with E-state index in [1.54, 1.807) is 18.2 Å². The van der Waals surface area contributed by atoms with Crippen LogP contribution in [0.15, 0.2) is 42.5 Å². The number of nitro groups is 1. The van der Waals surface area contributed by atoms with E-state index < -0.39 is 34.4 Å². The monoisotopic (exact) mass is 367 g/mol. The van der Waals surface area contributed by atoms with Gasteiger partial charge in [-0.05, 0) is 24.3 Å². The second kappa shape index (κ2) is 6.21. The van der Waals surface area contributed by atoms with Crippen molar-refractivity contribution in [2.75, 3.05) is 11.4 Å². The summed E-state index contributed by atoms with van der Waals surface area (Å²) in [5.74, 6) is -0.546. The molecule has 0 spiro atoms. The summed E-state index contributed by atoms with van der Waals surface area (Å²) in [6.45, 7) is -0.168. The molecule has 26 heavy (non-hydrogen) atoms. The van der Waals surface area contributed by atoms with E-state index in [0.717, 1.165) is 12.1 Å². The van der Waals surface area contributed by atoms with Gasteiger partial charge in [0.2, 0.25) is 0 Å². The predicted octanol–water partition coefficient (Wildman–Crippen LogP) is 3.00. The fourth-order valence-corrected chi connectivity index (χ4v) is 2.68. The Labute approximate surface area is 144 Å². The number of anilines is 2. The Morgan fingerprint density at radius 1 is 1.23 bits per heavy atom. The smallest absolute Gasteiger partial charge is 0.416 e. The Kier molecular flexibility index (Phi) is 4.18. The van der Waals surface area contributed by atoms with Crippen molar-refractivity contribution >= 4 is 23.0 Å². The van der Waals surface area contributed by atoms with Crippen molar-refractivity contribution in [3.8, 4) is 5.75 Å². The molecule has 3 rings (SSSR count). The molecule has 0 saturated carbocycles. The van der Waals surface area contributed by atoms with Gasteiger partial charge in [-0.25, -0.2) is 0 Å². The molecule has 1 aliphatic rings. The molecule has 1 amide bonds. The van der Waals surface area contributed by atoms with Crippen molar-refractivity contribution in [1.29, 1.82) is 0 Å². The number of primary amides is 1. The van der Waals surface area contributed by atoms with Crippen LogP contribution >= 0.6 is 0 Å². The van der Waals surface area contributed by atoms with Crippen LogP contribution in [0.25, 0.3) is 0 Å². The summed E-state index contributed by atoms with van der Waals surface area (Å²) in [5, 5.41) is 11.4. The quantitative estimate of drug-likeness (QED) is 0.664. The van der Waals surface area contributed by atoms with E-state index in [1.165, 1.54) is 11.0 Å². The van der Waals surface area contributed by atoms with Crippen LogP contribution in [0, 0.1) is 10.1 Å². The summed E-state index contributed by atoms with van der Waals surface area (Å²) in [6.07, 6.45) is -5.83. The highest BCUT2D eigenvalue weighted by atomic mass is 19.4. The van der Waals surface area contributed by atoms with Gasteiger partial charge in [0.15, 0.2) is 6.10 Å². The van der Waals surface area contributed by atoms with Gasteiger partial charge < -0.3 is 15.4 Å². The fraction of sp³-hybridized carbons (Fsp3) is 0.188. The minimum absolute atomic E-state index is 0.0926. The van der Waals surface area contributed by atoms with Gasteiger partial charge in [-0.3, -0.25) is 14.9 Å². The second-order valence-electron chi connectivity index (χ2n) is 5.55. The van der Waals surface area contributed by atoms with Crippen LogP contribution in [0.1, 0.15) is 5.56 Å². The number of amides is 1. The first-order valence-electron chi connectivity index (χ1n) is 7.36. The molecule has 2 aromatic rings. The lowest BCUT2D eigenvalue weighted by Gasteiger charge is -2.34. The van der Waals surface area contributed by atoms with Gasteiger partial charge >= 0.3 is 6.18 Å². The molecule has 7 nitrogen and oxygen atoms in total. The third kappa shape index (κ3) is 3.13. The number of ether oxygens (including phenoxy) is 1. The van der Waals surface area contributed by atoms with E-state index in [4.69, 9.17) is 10.5 Å². The second-order valence-corrected chi connectivity index (χ2v) is 5.55. The molecular weight excluding hydrogens is 355 g/mol. The number of nitro benzene ring substituents is 1. The molecule has 2 aromatic carbocycles. The standard InChI is InChI=1S/C16H12F3N3O4/c17-16(18,19)9-5-6-10(12(7-9)22(24)25)21-8-14(15(20)23)26-13-4-2-1-3-11(13)21/h1-7,14H,8H2,(H2,20,23)/t14-/m1/s1. The van der Waals surface area contributed by atoms with Crippen LogP contribution in [0.4, 0.5) is 30.2 Å². The zero-order chi connectivity index (χ0) is 19.1. The van der Waals surface area contributed by atoms with Gasteiger partial charge in [0.05, 0.1) is 22.7 Å². The number of hydrogen-bond acceptors (Lipinski definition) is 5. The van der Waals surface area contributed by atoms with Crippen molar-refractivity contribution < 1.29 is 27.6 Å². The maximum atomic E-state index is 12.9. The summed E-state index contributed by atoms with van der Waals surface area (Å²) in [4.78, 5) is 23.3. The number of nitrogens with two attached hydrogens (primary N) is 1. The lowest BCUT2D eigenvalue weighted by Crippen LogP contribution is -2.45. The summed E-state index contributed by atoms with van der Waals surface area (Å²) in [6, 6.07) is 8.59. The normalized spacial score (nSPS) is 16.6. The highest BCUT2D eigenvalue weighted by Crippen LogP contribution is 2.43. The third-order valence-corrected chi connectivity index (χ3v) is 3.88. The minimum Gasteiger partial charge on any atom is -0.477 e. The van der Waals surface area contributed by atoms with Gasteiger partial charge in [-0.1, -0.05) is 12.1 Å².